The van der Waals surface area contributed by atoms with Gasteiger partial charge >= 0.3 is 0 Å². The van der Waals surface area contributed by atoms with Crippen molar-refractivity contribution in [2.75, 3.05) is 18.0 Å². The molecule has 1 aromatic carbocycles. The van der Waals surface area contributed by atoms with Gasteiger partial charge in [0.05, 0.1) is 17.8 Å². The van der Waals surface area contributed by atoms with Crippen LogP contribution in [-0.4, -0.2) is 49.9 Å². The molecule has 0 saturated carbocycles. The normalized spacial score (nSPS) is 18.8. The van der Waals surface area contributed by atoms with Crippen LogP contribution < -0.4 is 10.6 Å². The summed E-state index contributed by atoms with van der Waals surface area (Å²) in [5.41, 5.74) is 8.64. The molecule has 4 aromatic heterocycles. The van der Waals surface area contributed by atoms with Crippen molar-refractivity contribution < 1.29 is 18.0 Å². The molecule has 214 valence electrons. The summed E-state index contributed by atoms with van der Waals surface area (Å²) in [6, 6.07) is 8.87. The van der Waals surface area contributed by atoms with Gasteiger partial charge in [-0.3, -0.25) is 9.78 Å². The van der Waals surface area contributed by atoms with Crippen molar-refractivity contribution in [3.63, 3.8) is 0 Å². The molecule has 5 heterocycles. The highest BCUT2D eigenvalue weighted by Crippen LogP contribution is 2.33. The lowest BCUT2D eigenvalue weighted by molar-refractivity contribution is 0.0988. The van der Waals surface area contributed by atoms with E-state index in [1.165, 1.54) is 12.1 Å². The number of thiophene rings is 1. The number of pyridine rings is 2. The number of carbonyl (C=O) groups is 1. The Hall–Kier alpha value is -4.42. The maximum Gasteiger partial charge on any atom is 0.185 e. The summed E-state index contributed by atoms with van der Waals surface area (Å²) in [6.45, 7) is 3.24. The standard InChI is InChI=1S/C30H26F3N7OS/c1-17-13-39(14-23(34)30(17)40-15-25(37-38-40)18-8-10-42-16-18)26-7-9-35-12-19(26)11-27(41)24-6-5-22(33)29(36-24)28-20(31)3-2-4-21(28)32/h2-10,12,15-17,23,30H,11,13-14,34H2,1H3/t17-,23+,30-/m0/s1. The highest BCUT2D eigenvalue weighted by Gasteiger charge is 2.35. The van der Waals surface area contributed by atoms with E-state index >= 15 is 0 Å². The van der Waals surface area contributed by atoms with E-state index in [2.05, 4.69) is 32.1 Å². The first-order valence-electron chi connectivity index (χ1n) is 13.3. The summed E-state index contributed by atoms with van der Waals surface area (Å²) < 4.78 is 45.1. The van der Waals surface area contributed by atoms with Crippen molar-refractivity contribution in [2.45, 2.75) is 25.4 Å². The molecule has 12 heteroatoms. The predicted molar refractivity (Wildman–Crippen MR) is 154 cm³/mol. The van der Waals surface area contributed by atoms with Gasteiger partial charge in [-0.05, 0) is 47.7 Å². The molecule has 0 spiro atoms. The lowest BCUT2D eigenvalue weighted by Gasteiger charge is -2.42. The van der Waals surface area contributed by atoms with E-state index in [9.17, 15) is 18.0 Å². The van der Waals surface area contributed by atoms with Crippen molar-refractivity contribution in [1.29, 1.82) is 0 Å². The maximum atomic E-state index is 14.6. The fourth-order valence-corrected chi connectivity index (χ4v) is 6.21. The van der Waals surface area contributed by atoms with Gasteiger partial charge < -0.3 is 10.6 Å². The van der Waals surface area contributed by atoms with Gasteiger partial charge in [0.1, 0.15) is 34.5 Å². The Kier molecular flexibility index (Phi) is 7.56. The smallest absolute Gasteiger partial charge is 0.185 e. The first kappa shape index (κ1) is 27.7. The van der Waals surface area contributed by atoms with E-state index in [0.717, 1.165) is 35.1 Å². The van der Waals surface area contributed by atoms with Gasteiger partial charge in [-0.25, -0.2) is 22.8 Å². The molecular weight excluding hydrogens is 563 g/mol. The van der Waals surface area contributed by atoms with Crippen molar-refractivity contribution in [3.8, 4) is 22.5 Å². The van der Waals surface area contributed by atoms with Gasteiger partial charge in [0, 0.05) is 60.1 Å². The summed E-state index contributed by atoms with van der Waals surface area (Å²) in [7, 11) is 0. The van der Waals surface area contributed by atoms with Gasteiger partial charge in [-0.15, -0.1) is 5.10 Å². The number of nitrogens with zero attached hydrogens (tertiary/aromatic N) is 6. The predicted octanol–water partition coefficient (Wildman–Crippen LogP) is 5.33. The van der Waals surface area contributed by atoms with Crippen LogP contribution in [0, 0.1) is 23.4 Å². The first-order chi connectivity index (χ1) is 20.3. The van der Waals surface area contributed by atoms with Crippen molar-refractivity contribution >= 4 is 22.8 Å². The number of hydrogen-bond acceptors (Lipinski definition) is 8. The van der Waals surface area contributed by atoms with Crippen LogP contribution in [0.2, 0.25) is 0 Å². The van der Waals surface area contributed by atoms with Gasteiger partial charge in [0.25, 0.3) is 0 Å². The number of carbonyl (C=O) groups excluding carboxylic acids is 1. The van der Waals surface area contributed by atoms with Crippen LogP contribution >= 0.6 is 11.3 Å². The zero-order valence-corrected chi connectivity index (χ0v) is 23.3. The van der Waals surface area contributed by atoms with E-state index in [4.69, 9.17) is 5.73 Å². The molecule has 6 rings (SSSR count). The van der Waals surface area contributed by atoms with Gasteiger partial charge in [-0.2, -0.15) is 11.3 Å². The molecule has 1 aliphatic rings. The second-order valence-electron chi connectivity index (χ2n) is 10.4. The Balaban J connectivity index is 1.22. The van der Waals surface area contributed by atoms with Gasteiger partial charge in [0.15, 0.2) is 5.78 Å². The van der Waals surface area contributed by atoms with E-state index in [1.807, 2.05) is 33.8 Å². The molecular formula is C30H26F3N7OS. The van der Waals surface area contributed by atoms with Crippen LogP contribution in [0.15, 0.2) is 71.8 Å². The van der Waals surface area contributed by atoms with E-state index in [0.29, 0.717) is 18.7 Å². The lowest BCUT2D eigenvalue weighted by Crippen LogP contribution is -2.53. The highest BCUT2D eigenvalue weighted by molar-refractivity contribution is 7.08. The lowest BCUT2D eigenvalue weighted by atomic mass is 9.89. The Labute approximate surface area is 243 Å². The molecule has 1 saturated heterocycles. The molecule has 1 fully saturated rings. The monoisotopic (exact) mass is 589 g/mol. The molecule has 1 aliphatic heterocycles. The number of halogens is 3. The molecule has 3 atom stereocenters. The van der Waals surface area contributed by atoms with Crippen LogP contribution in [0.4, 0.5) is 18.9 Å². The second-order valence-corrected chi connectivity index (χ2v) is 11.1. The number of rotatable bonds is 7. The van der Waals surface area contributed by atoms with Crippen LogP contribution in [0.5, 0.6) is 0 Å². The zero-order valence-electron chi connectivity index (χ0n) is 22.5. The van der Waals surface area contributed by atoms with E-state index in [-0.39, 0.29) is 30.1 Å². The Morgan fingerprint density at radius 2 is 1.88 bits per heavy atom. The molecule has 0 radical (unpaired) electrons. The molecule has 0 aliphatic carbocycles. The zero-order chi connectivity index (χ0) is 29.4. The third-order valence-electron chi connectivity index (χ3n) is 7.49. The fraction of sp³-hybridized carbons (Fsp3) is 0.233. The van der Waals surface area contributed by atoms with Crippen molar-refractivity contribution in [3.05, 3.63) is 101 Å². The number of anilines is 1. The number of ketones is 1. The number of aromatic nitrogens is 5. The quantitative estimate of drug-likeness (QED) is 0.256. The van der Waals surface area contributed by atoms with Crippen LogP contribution in [0.25, 0.3) is 22.5 Å². The minimum absolute atomic E-state index is 0.0753. The summed E-state index contributed by atoms with van der Waals surface area (Å²) in [6.07, 6.45) is 5.07. The number of nitrogens with two attached hydrogens (primary N) is 1. The summed E-state index contributed by atoms with van der Waals surface area (Å²) in [4.78, 5) is 23.7. The van der Waals surface area contributed by atoms with Crippen LogP contribution in [0.3, 0.4) is 0 Å². The number of benzene rings is 1. The summed E-state index contributed by atoms with van der Waals surface area (Å²) in [5, 5.41) is 12.7. The second kappa shape index (κ2) is 11.5. The first-order valence-corrected chi connectivity index (χ1v) is 14.3. The molecule has 5 aromatic rings. The van der Waals surface area contributed by atoms with E-state index < -0.39 is 34.5 Å². The van der Waals surface area contributed by atoms with Crippen LogP contribution in [0.1, 0.15) is 29.0 Å². The maximum absolute atomic E-state index is 14.6. The van der Waals surface area contributed by atoms with Crippen molar-refractivity contribution in [1.82, 2.24) is 25.0 Å². The van der Waals surface area contributed by atoms with Gasteiger partial charge in [-0.1, -0.05) is 18.2 Å². The molecule has 0 bridgehead atoms. The van der Waals surface area contributed by atoms with Gasteiger partial charge in [0.2, 0.25) is 0 Å². The molecule has 8 nitrogen and oxygen atoms in total. The average Bonchev–Trinajstić information content (AvgIpc) is 3.67. The van der Waals surface area contributed by atoms with E-state index in [1.54, 1.807) is 23.7 Å². The summed E-state index contributed by atoms with van der Waals surface area (Å²) in [5.74, 6) is -3.22. The van der Waals surface area contributed by atoms with Crippen molar-refractivity contribution in [2.24, 2.45) is 11.7 Å². The summed E-state index contributed by atoms with van der Waals surface area (Å²) >= 11 is 1.60. The largest absolute Gasteiger partial charge is 0.369 e. The third kappa shape index (κ3) is 5.30. The number of Topliss-reactive ketones (excluding diaryl/α,β-unsaturated/α-hetero) is 1. The highest BCUT2D eigenvalue weighted by atomic mass is 32.1. The number of hydrogen-bond donors (Lipinski definition) is 1. The third-order valence-corrected chi connectivity index (χ3v) is 8.18. The number of piperidine rings is 1. The Morgan fingerprint density at radius 1 is 1.07 bits per heavy atom. The molecule has 42 heavy (non-hydrogen) atoms. The Morgan fingerprint density at radius 3 is 2.62 bits per heavy atom. The molecule has 0 unspecified atom stereocenters. The Bertz CT molecular complexity index is 1710. The SMILES string of the molecule is C[C@H]1CN(c2ccncc2CC(=O)c2ccc(F)c(-c3c(F)cccc3F)n2)C[C@@H](N)[C@H]1n1cc(-c2ccsc2)nn1. The molecule has 2 N–H and O–H groups in total. The topological polar surface area (TPSA) is 103 Å². The molecule has 0 amide bonds. The minimum Gasteiger partial charge on any atom is -0.369 e. The van der Waals surface area contributed by atoms with Crippen LogP contribution in [-0.2, 0) is 6.42 Å². The fourth-order valence-electron chi connectivity index (χ4n) is 5.56. The minimum atomic E-state index is -0.969. The average molecular weight is 590 g/mol.